The summed E-state index contributed by atoms with van der Waals surface area (Å²) >= 11 is 10.7. The van der Waals surface area contributed by atoms with Gasteiger partial charge in [-0.25, -0.2) is 0 Å². The molecule has 0 saturated heterocycles. The number of rotatable bonds is 7. The standard InChI is InChI=1S/C18H16BrClN4O3S/c1-11-21-22-18(24(11)14-6-4-13(20)5-7-14)28-17(10-23(25)26)15-9-12(19)3-8-16(15)27-2/h3-9,17H,10H2,1-2H3/t17-/m1/s1. The second-order valence-electron chi connectivity index (χ2n) is 5.85. The second kappa shape index (κ2) is 8.93. The third-order valence-corrected chi connectivity index (χ3v) is 5.89. The van der Waals surface area contributed by atoms with E-state index in [4.69, 9.17) is 16.3 Å². The average molecular weight is 484 g/mol. The summed E-state index contributed by atoms with van der Waals surface area (Å²) in [5.74, 6) is 1.25. The minimum atomic E-state index is -0.517. The Morgan fingerprint density at radius 3 is 2.64 bits per heavy atom. The highest BCUT2D eigenvalue weighted by Crippen LogP contribution is 2.41. The van der Waals surface area contributed by atoms with Gasteiger partial charge in [-0.15, -0.1) is 10.2 Å². The first-order chi connectivity index (χ1) is 13.4. The number of hydrogen-bond acceptors (Lipinski definition) is 6. The molecular weight excluding hydrogens is 468 g/mol. The maximum atomic E-state index is 11.3. The van der Waals surface area contributed by atoms with Crippen LogP contribution in [-0.2, 0) is 0 Å². The van der Waals surface area contributed by atoms with Crippen LogP contribution in [0.2, 0.25) is 5.02 Å². The number of ether oxygens (including phenoxy) is 1. The number of benzene rings is 2. The molecule has 3 aromatic rings. The molecule has 1 atom stereocenters. The first-order valence-electron chi connectivity index (χ1n) is 8.19. The Balaban J connectivity index is 2.03. The van der Waals surface area contributed by atoms with E-state index < -0.39 is 5.25 Å². The van der Waals surface area contributed by atoms with Gasteiger partial charge in [0.05, 0.1) is 7.11 Å². The lowest BCUT2D eigenvalue weighted by molar-refractivity contribution is -0.479. The molecule has 0 spiro atoms. The summed E-state index contributed by atoms with van der Waals surface area (Å²) in [7, 11) is 1.54. The first kappa shape index (κ1) is 20.6. The molecule has 0 amide bonds. The number of methoxy groups -OCH3 is 1. The van der Waals surface area contributed by atoms with Gasteiger partial charge in [-0.05, 0) is 49.4 Å². The van der Waals surface area contributed by atoms with Gasteiger partial charge in [0.15, 0.2) is 5.16 Å². The normalized spacial score (nSPS) is 12.0. The van der Waals surface area contributed by atoms with Crippen molar-refractivity contribution >= 4 is 39.3 Å². The average Bonchev–Trinajstić information content (AvgIpc) is 3.02. The predicted octanol–water partition coefficient (Wildman–Crippen LogP) is 5.11. The Morgan fingerprint density at radius 2 is 2.00 bits per heavy atom. The number of nitro groups is 1. The van der Waals surface area contributed by atoms with Crippen molar-refractivity contribution in [3.63, 3.8) is 0 Å². The molecule has 0 bridgehead atoms. The number of halogens is 2. The smallest absolute Gasteiger partial charge is 0.220 e. The topological polar surface area (TPSA) is 83.1 Å². The van der Waals surface area contributed by atoms with Crippen molar-refractivity contribution in [2.45, 2.75) is 17.3 Å². The van der Waals surface area contributed by atoms with Crippen LogP contribution in [0.5, 0.6) is 5.75 Å². The van der Waals surface area contributed by atoms with Gasteiger partial charge in [-0.1, -0.05) is 39.3 Å². The van der Waals surface area contributed by atoms with Gasteiger partial charge in [0.25, 0.3) is 0 Å². The lowest BCUT2D eigenvalue weighted by Crippen LogP contribution is -2.12. The van der Waals surface area contributed by atoms with E-state index in [9.17, 15) is 10.1 Å². The Bertz CT molecular complexity index is 997. The van der Waals surface area contributed by atoms with Crippen LogP contribution in [0.1, 0.15) is 16.6 Å². The molecule has 2 aromatic carbocycles. The van der Waals surface area contributed by atoms with E-state index >= 15 is 0 Å². The maximum absolute atomic E-state index is 11.3. The van der Waals surface area contributed by atoms with Crippen LogP contribution in [0, 0.1) is 17.0 Å². The molecular formula is C18H16BrClN4O3S. The van der Waals surface area contributed by atoms with E-state index in [0.29, 0.717) is 27.3 Å². The number of aromatic nitrogens is 3. The van der Waals surface area contributed by atoms with Crippen molar-refractivity contribution < 1.29 is 9.66 Å². The van der Waals surface area contributed by atoms with Gasteiger partial charge >= 0.3 is 0 Å². The summed E-state index contributed by atoms with van der Waals surface area (Å²) in [5.41, 5.74) is 1.54. The molecule has 0 radical (unpaired) electrons. The zero-order valence-electron chi connectivity index (χ0n) is 15.0. The first-order valence-corrected chi connectivity index (χ1v) is 10.2. The third-order valence-electron chi connectivity index (χ3n) is 3.98. The molecule has 0 fully saturated rings. The summed E-state index contributed by atoms with van der Waals surface area (Å²) in [5, 5.41) is 20.4. The third kappa shape index (κ3) is 4.65. The zero-order chi connectivity index (χ0) is 20.3. The molecule has 0 aliphatic rings. The fourth-order valence-corrected chi connectivity index (χ4v) is 4.42. The quantitative estimate of drug-likeness (QED) is 0.264. The summed E-state index contributed by atoms with van der Waals surface area (Å²) in [6.07, 6.45) is 0. The van der Waals surface area contributed by atoms with E-state index in [1.54, 1.807) is 25.3 Å². The largest absolute Gasteiger partial charge is 0.496 e. The summed E-state index contributed by atoms with van der Waals surface area (Å²) < 4.78 is 8.08. The monoisotopic (exact) mass is 482 g/mol. The Morgan fingerprint density at radius 1 is 1.29 bits per heavy atom. The van der Waals surface area contributed by atoms with Crippen LogP contribution in [0.25, 0.3) is 5.69 Å². The molecule has 1 aromatic heterocycles. The van der Waals surface area contributed by atoms with E-state index in [2.05, 4.69) is 26.1 Å². The Kier molecular flexibility index (Phi) is 6.58. The highest BCUT2D eigenvalue weighted by molar-refractivity contribution is 9.10. The van der Waals surface area contributed by atoms with Crippen molar-refractivity contribution in [3.8, 4) is 11.4 Å². The predicted molar refractivity (Wildman–Crippen MR) is 112 cm³/mol. The number of aryl methyl sites for hydroxylation is 1. The highest BCUT2D eigenvalue weighted by Gasteiger charge is 2.26. The lowest BCUT2D eigenvalue weighted by atomic mass is 10.1. The maximum Gasteiger partial charge on any atom is 0.220 e. The molecule has 7 nitrogen and oxygen atoms in total. The molecule has 0 aliphatic heterocycles. The molecule has 28 heavy (non-hydrogen) atoms. The van der Waals surface area contributed by atoms with Gasteiger partial charge < -0.3 is 4.74 Å². The van der Waals surface area contributed by atoms with Crippen molar-refractivity contribution in [1.29, 1.82) is 0 Å². The van der Waals surface area contributed by atoms with Crippen LogP contribution in [0.15, 0.2) is 52.1 Å². The number of hydrogen-bond donors (Lipinski definition) is 0. The molecule has 0 N–H and O–H groups in total. The highest BCUT2D eigenvalue weighted by atomic mass is 79.9. The summed E-state index contributed by atoms with van der Waals surface area (Å²) in [6, 6.07) is 12.7. The van der Waals surface area contributed by atoms with Crippen molar-refractivity contribution in [2.24, 2.45) is 0 Å². The van der Waals surface area contributed by atoms with E-state index in [0.717, 1.165) is 10.2 Å². The minimum Gasteiger partial charge on any atom is -0.496 e. The van der Waals surface area contributed by atoms with E-state index in [-0.39, 0.29) is 11.5 Å². The van der Waals surface area contributed by atoms with Gasteiger partial charge in [-0.3, -0.25) is 14.7 Å². The summed E-state index contributed by atoms with van der Waals surface area (Å²) in [6.45, 7) is 1.54. The van der Waals surface area contributed by atoms with Gasteiger partial charge in [-0.2, -0.15) is 0 Å². The minimum absolute atomic E-state index is 0.288. The van der Waals surface area contributed by atoms with E-state index in [1.165, 1.54) is 11.8 Å². The van der Waals surface area contributed by atoms with E-state index in [1.807, 2.05) is 35.8 Å². The SMILES string of the molecule is COc1ccc(Br)cc1[C@@H](C[N+](=O)[O-])Sc1nnc(C)n1-c1ccc(Cl)cc1. The fraction of sp³-hybridized carbons (Fsp3) is 0.222. The van der Waals surface area contributed by atoms with Crippen LogP contribution in [0.4, 0.5) is 0 Å². The van der Waals surface area contributed by atoms with Crippen LogP contribution < -0.4 is 4.74 Å². The Labute approximate surface area is 179 Å². The van der Waals surface area contributed by atoms with Crippen LogP contribution >= 0.6 is 39.3 Å². The molecule has 10 heteroatoms. The molecule has 1 heterocycles. The van der Waals surface area contributed by atoms with Gasteiger partial charge in [0, 0.05) is 25.7 Å². The molecule has 0 aliphatic carbocycles. The van der Waals surface area contributed by atoms with Crippen molar-refractivity contribution in [1.82, 2.24) is 14.8 Å². The van der Waals surface area contributed by atoms with Crippen LogP contribution in [0.3, 0.4) is 0 Å². The second-order valence-corrected chi connectivity index (χ2v) is 8.37. The molecule has 0 saturated carbocycles. The van der Waals surface area contributed by atoms with Gasteiger partial charge in [0.1, 0.15) is 16.8 Å². The summed E-state index contributed by atoms with van der Waals surface area (Å²) in [4.78, 5) is 11.0. The number of nitrogens with zero attached hydrogens (tertiary/aromatic N) is 4. The molecule has 146 valence electrons. The lowest BCUT2D eigenvalue weighted by Gasteiger charge is -2.17. The zero-order valence-corrected chi connectivity index (χ0v) is 18.2. The molecule has 3 rings (SSSR count). The van der Waals surface area contributed by atoms with Crippen molar-refractivity contribution in [2.75, 3.05) is 13.7 Å². The van der Waals surface area contributed by atoms with Crippen molar-refractivity contribution in [3.05, 3.63) is 73.5 Å². The Hall–Kier alpha value is -2.10. The van der Waals surface area contributed by atoms with Gasteiger partial charge in [0.2, 0.25) is 6.54 Å². The fourth-order valence-electron chi connectivity index (χ4n) is 2.73. The van der Waals surface area contributed by atoms with Crippen LogP contribution in [-0.4, -0.2) is 33.3 Å². The molecule has 0 unspecified atom stereocenters. The number of thioether (sulfide) groups is 1.